The molecule has 0 aromatic heterocycles. The van der Waals surface area contributed by atoms with Crippen LogP contribution in [0, 0.1) is 5.92 Å². The van der Waals surface area contributed by atoms with Gasteiger partial charge in [0.25, 0.3) is 0 Å². The van der Waals surface area contributed by atoms with Crippen LogP contribution in [0.1, 0.15) is 34.1 Å². The fourth-order valence-corrected chi connectivity index (χ4v) is 2.43. The van der Waals surface area contributed by atoms with Gasteiger partial charge >= 0.3 is 5.97 Å². The van der Waals surface area contributed by atoms with E-state index >= 15 is 0 Å². The first-order valence-corrected chi connectivity index (χ1v) is 6.66. The van der Waals surface area contributed by atoms with E-state index in [0.29, 0.717) is 17.4 Å². The van der Waals surface area contributed by atoms with Crippen molar-refractivity contribution in [2.75, 3.05) is 6.61 Å². The minimum Gasteiger partial charge on any atom is -0.479 e. The van der Waals surface area contributed by atoms with E-state index in [1.165, 1.54) is 13.8 Å². The molecular formula is C11H18O4S2. The third kappa shape index (κ3) is 8.15. The van der Waals surface area contributed by atoms with Crippen molar-refractivity contribution < 1.29 is 19.1 Å². The average molecular weight is 278 g/mol. The topological polar surface area (TPSA) is 52.6 Å². The fraction of sp³-hybridized carbons (Fsp3) is 0.727. The van der Waals surface area contributed by atoms with Gasteiger partial charge in [0.15, 0.2) is 5.44 Å². The third-order valence-electron chi connectivity index (χ3n) is 2.03. The Morgan fingerprint density at radius 3 is 2.35 bits per heavy atom. The van der Waals surface area contributed by atoms with E-state index in [1.807, 2.05) is 6.92 Å². The molecule has 0 aliphatic heterocycles. The maximum atomic E-state index is 11.2. The molecule has 0 N–H and O–H groups in total. The highest BCUT2D eigenvalue weighted by Crippen LogP contribution is 2.23. The van der Waals surface area contributed by atoms with Gasteiger partial charge in [-0.1, -0.05) is 6.92 Å². The van der Waals surface area contributed by atoms with Crippen LogP contribution in [0.4, 0.5) is 0 Å². The highest BCUT2D eigenvalue weighted by molar-refractivity contribution is 8.22. The van der Waals surface area contributed by atoms with Crippen LogP contribution in [0.3, 0.4) is 0 Å². The van der Waals surface area contributed by atoms with Gasteiger partial charge in [-0.25, -0.2) is 0 Å². The first-order valence-electron chi connectivity index (χ1n) is 5.37. The standard InChI is InChI=1S/C11H18O4S2/c1-5-14-11(16)17-10(15-9(4)13)6-7(2)8(3)12/h7,10H,5-6H2,1-4H3. The summed E-state index contributed by atoms with van der Waals surface area (Å²) in [6.07, 6.45) is 0.437. The van der Waals surface area contributed by atoms with Gasteiger partial charge in [-0.05, 0) is 37.8 Å². The normalized spacial score (nSPS) is 13.6. The van der Waals surface area contributed by atoms with Crippen LogP contribution in [0.25, 0.3) is 0 Å². The van der Waals surface area contributed by atoms with Crippen molar-refractivity contribution in [1.82, 2.24) is 0 Å². The number of thiocarbonyl (C=S) groups is 1. The highest BCUT2D eigenvalue weighted by Gasteiger charge is 2.21. The summed E-state index contributed by atoms with van der Waals surface area (Å²) in [6.45, 7) is 6.94. The van der Waals surface area contributed by atoms with Crippen molar-refractivity contribution >= 4 is 40.1 Å². The lowest BCUT2D eigenvalue weighted by atomic mass is 10.0. The third-order valence-corrected chi connectivity index (χ3v) is 3.30. The Morgan fingerprint density at radius 2 is 1.94 bits per heavy atom. The van der Waals surface area contributed by atoms with Gasteiger partial charge in [-0.15, -0.1) is 0 Å². The summed E-state index contributed by atoms with van der Waals surface area (Å²) >= 11 is 6.12. The molecule has 0 bridgehead atoms. The van der Waals surface area contributed by atoms with E-state index in [0.717, 1.165) is 11.8 Å². The molecule has 0 saturated heterocycles. The van der Waals surface area contributed by atoms with E-state index in [9.17, 15) is 9.59 Å². The van der Waals surface area contributed by atoms with Gasteiger partial charge in [-0.2, -0.15) is 0 Å². The first-order chi connectivity index (χ1) is 7.86. The Kier molecular flexibility index (Phi) is 8.16. The molecule has 4 nitrogen and oxygen atoms in total. The predicted molar refractivity (Wildman–Crippen MR) is 71.8 cm³/mol. The van der Waals surface area contributed by atoms with Crippen LogP contribution in [-0.4, -0.2) is 28.2 Å². The molecule has 0 fully saturated rings. The molecule has 0 aliphatic carbocycles. The second kappa shape index (κ2) is 8.47. The Balaban J connectivity index is 4.37. The molecule has 98 valence electrons. The summed E-state index contributed by atoms with van der Waals surface area (Å²) in [4.78, 5) is 22.1. The van der Waals surface area contributed by atoms with Gasteiger partial charge in [0.2, 0.25) is 4.38 Å². The van der Waals surface area contributed by atoms with Crippen molar-refractivity contribution in [1.29, 1.82) is 0 Å². The lowest BCUT2D eigenvalue weighted by Gasteiger charge is -2.19. The minimum atomic E-state index is -0.467. The minimum absolute atomic E-state index is 0.0603. The molecule has 0 aromatic carbocycles. The molecule has 0 aromatic rings. The summed E-state index contributed by atoms with van der Waals surface area (Å²) in [6, 6.07) is 0. The van der Waals surface area contributed by atoms with E-state index in [4.69, 9.17) is 21.7 Å². The Morgan fingerprint density at radius 1 is 1.35 bits per heavy atom. The number of Topliss-reactive ketones (excluding diaryl/α,β-unsaturated/α-hetero) is 1. The number of hydrogen-bond donors (Lipinski definition) is 0. The molecule has 0 saturated carbocycles. The van der Waals surface area contributed by atoms with E-state index in [1.54, 1.807) is 6.92 Å². The molecule has 2 unspecified atom stereocenters. The summed E-state index contributed by atoms with van der Waals surface area (Å²) in [7, 11) is 0. The molecule has 0 amide bonds. The maximum Gasteiger partial charge on any atom is 0.303 e. The van der Waals surface area contributed by atoms with Crippen LogP contribution >= 0.6 is 24.0 Å². The van der Waals surface area contributed by atoms with Crippen molar-refractivity contribution in [2.45, 2.75) is 39.6 Å². The van der Waals surface area contributed by atoms with Gasteiger partial charge < -0.3 is 9.47 Å². The van der Waals surface area contributed by atoms with Gasteiger partial charge in [-0.3, -0.25) is 9.59 Å². The molecular weight excluding hydrogens is 260 g/mol. The van der Waals surface area contributed by atoms with Crippen molar-refractivity contribution in [3.05, 3.63) is 0 Å². The van der Waals surface area contributed by atoms with Crippen molar-refractivity contribution in [3.63, 3.8) is 0 Å². The smallest absolute Gasteiger partial charge is 0.303 e. The van der Waals surface area contributed by atoms with Crippen LogP contribution < -0.4 is 0 Å². The number of ketones is 1. The monoisotopic (exact) mass is 278 g/mol. The van der Waals surface area contributed by atoms with Crippen LogP contribution in [0.5, 0.6) is 0 Å². The van der Waals surface area contributed by atoms with Gasteiger partial charge in [0.1, 0.15) is 5.78 Å². The van der Waals surface area contributed by atoms with E-state index in [-0.39, 0.29) is 11.7 Å². The molecule has 6 heteroatoms. The molecule has 2 atom stereocenters. The zero-order valence-corrected chi connectivity index (χ0v) is 12.2. The summed E-state index contributed by atoms with van der Waals surface area (Å²) in [5.41, 5.74) is -0.467. The Bertz CT molecular complexity index is 291. The molecule has 0 radical (unpaired) electrons. The number of thioether (sulfide) groups is 1. The second-order valence-corrected chi connectivity index (χ2v) is 5.35. The average Bonchev–Trinajstić information content (AvgIpc) is 2.16. The van der Waals surface area contributed by atoms with E-state index < -0.39 is 11.4 Å². The second-order valence-electron chi connectivity index (χ2n) is 3.59. The molecule has 0 aliphatic rings. The number of carbonyl (C=O) groups is 2. The van der Waals surface area contributed by atoms with E-state index in [2.05, 4.69) is 0 Å². The Hall–Kier alpha value is -0.620. The highest BCUT2D eigenvalue weighted by atomic mass is 32.2. The van der Waals surface area contributed by atoms with Crippen LogP contribution in [0.2, 0.25) is 0 Å². The van der Waals surface area contributed by atoms with Crippen LogP contribution in [-0.2, 0) is 19.1 Å². The predicted octanol–water partition coefficient (Wildman–Crippen LogP) is 2.55. The number of carbonyl (C=O) groups excluding carboxylic acids is 2. The fourth-order valence-electron chi connectivity index (χ4n) is 1.02. The van der Waals surface area contributed by atoms with Gasteiger partial charge in [0.05, 0.1) is 6.61 Å². The van der Waals surface area contributed by atoms with Gasteiger partial charge in [0, 0.05) is 19.3 Å². The number of hydrogen-bond acceptors (Lipinski definition) is 6. The summed E-state index contributed by atoms with van der Waals surface area (Å²) in [5, 5.41) is 0. The Labute approximate surface area is 111 Å². The number of ether oxygens (including phenoxy) is 2. The lowest BCUT2D eigenvalue weighted by Crippen LogP contribution is -2.21. The molecule has 17 heavy (non-hydrogen) atoms. The zero-order chi connectivity index (χ0) is 13.4. The SMILES string of the molecule is CCOC(=S)SC(CC(C)C(C)=O)OC(C)=O. The summed E-state index contributed by atoms with van der Waals surface area (Å²) in [5.74, 6) is -0.501. The number of esters is 1. The molecule has 0 rings (SSSR count). The number of rotatable bonds is 6. The molecule has 0 heterocycles. The lowest BCUT2D eigenvalue weighted by molar-refractivity contribution is -0.143. The largest absolute Gasteiger partial charge is 0.479 e. The van der Waals surface area contributed by atoms with Crippen molar-refractivity contribution in [3.8, 4) is 0 Å². The summed E-state index contributed by atoms with van der Waals surface area (Å²) < 4.78 is 10.5. The molecule has 0 spiro atoms. The quantitative estimate of drug-likeness (QED) is 0.423. The first kappa shape index (κ1) is 16.4. The van der Waals surface area contributed by atoms with Crippen LogP contribution in [0.15, 0.2) is 0 Å². The maximum absolute atomic E-state index is 11.2. The van der Waals surface area contributed by atoms with Crippen molar-refractivity contribution in [2.24, 2.45) is 5.92 Å². The zero-order valence-electron chi connectivity index (χ0n) is 10.5.